The summed E-state index contributed by atoms with van der Waals surface area (Å²) in [6, 6.07) is 0. The van der Waals surface area contributed by atoms with Crippen LogP contribution in [-0.4, -0.2) is 9.97 Å². The molecule has 0 unspecified atom stereocenters. The zero-order valence-electron chi connectivity index (χ0n) is 10.4. The van der Waals surface area contributed by atoms with Crippen LogP contribution < -0.4 is 11.3 Å². The van der Waals surface area contributed by atoms with E-state index in [9.17, 15) is 4.79 Å². The van der Waals surface area contributed by atoms with E-state index in [4.69, 9.17) is 5.73 Å². The van der Waals surface area contributed by atoms with Gasteiger partial charge >= 0.3 is 0 Å². The SMILES string of the molecule is CC(C)(N)c1nc2c(c(=O)[nH]1)CCCCC2.Cl. The average Bonchev–Trinajstić information content (AvgIpc) is 2.41. The molecule has 17 heavy (non-hydrogen) atoms. The molecule has 0 aliphatic heterocycles. The van der Waals surface area contributed by atoms with Gasteiger partial charge in [0.15, 0.2) is 0 Å². The number of nitrogens with zero attached hydrogens (tertiary/aromatic N) is 1. The van der Waals surface area contributed by atoms with Crippen LogP contribution in [0.3, 0.4) is 0 Å². The van der Waals surface area contributed by atoms with Crippen molar-refractivity contribution in [3.05, 3.63) is 27.4 Å². The van der Waals surface area contributed by atoms with E-state index in [0.717, 1.165) is 36.9 Å². The minimum atomic E-state index is -0.583. The van der Waals surface area contributed by atoms with Gasteiger partial charge in [-0.25, -0.2) is 4.98 Å². The molecule has 4 nitrogen and oxygen atoms in total. The fourth-order valence-electron chi connectivity index (χ4n) is 2.09. The fourth-order valence-corrected chi connectivity index (χ4v) is 2.09. The van der Waals surface area contributed by atoms with E-state index in [1.54, 1.807) is 0 Å². The third-order valence-electron chi connectivity index (χ3n) is 3.05. The lowest BCUT2D eigenvalue weighted by Crippen LogP contribution is -2.35. The summed E-state index contributed by atoms with van der Waals surface area (Å²) < 4.78 is 0. The van der Waals surface area contributed by atoms with Crippen LogP contribution in [0.1, 0.15) is 50.2 Å². The molecule has 1 aromatic rings. The van der Waals surface area contributed by atoms with Crippen LogP contribution in [0.2, 0.25) is 0 Å². The van der Waals surface area contributed by atoms with Gasteiger partial charge in [-0.2, -0.15) is 0 Å². The van der Waals surface area contributed by atoms with E-state index in [2.05, 4.69) is 9.97 Å². The number of aromatic nitrogens is 2. The Labute approximate surface area is 107 Å². The van der Waals surface area contributed by atoms with Gasteiger partial charge < -0.3 is 10.7 Å². The number of hydrogen-bond donors (Lipinski definition) is 2. The second kappa shape index (κ2) is 5.19. The molecule has 1 aliphatic rings. The van der Waals surface area contributed by atoms with Crippen LogP contribution >= 0.6 is 12.4 Å². The van der Waals surface area contributed by atoms with Crippen LogP contribution in [0.4, 0.5) is 0 Å². The molecule has 0 atom stereocenters. The molecule has 0 radical (unpaired) electrons. The molecule has 3 N–H and O–H groups in total. The van der Waals surface area contributed by atoms with Gasteiger partial charge in [-0.3, -0.25) is 4.79 Å². The van der Waals surface area contributed by atoms with Crippen molar-refractivity contribution in [2.45, 2.75) is 51.5 Å². The number of hydrogen-bond acceptors (Lipinski definition) is 3. The van der Waals surface area contributed by atoms with E-state index in [-0.39, 0.29) is 18.0 Å². The lowest BCUT2D eigenvalue weighted by atomic mass is 10.0. The molecule has 0 saturated carbocycles. The summed E-state index contributed by atoms with van der Waals surface area (Å²) in [6.45, 7) is 3.71. The maximum absolute atomic E-state index is 11.9. The van der Waals surface area contributed by atoms with Crippen molar-refractivity contribution in [2.75, 3.05) is 0 Å². The van der Waals surface area contributed by atoms with Crippen molar-refractivity contribution in [1.29, 1.82) is 0 Å². The molecule has 96 valence electrons. The highest BCUT2D eigenvalue weighted by Gasteiger charge is 2.21. The van der Waals surface area contributed by atoms with Gasteiger partial charge in [0.2, 0.25) is 0 Å². The first-order chi connectivity index (χ1) is 7.48. The monoisotopic (exact) mass is 257 g/mol. The van der Waals surface area contributed by atoms with Gasteiger partial charge in [0.25, 0.3) is 5.56 Å². The summed E-state index contributed by atoms with van der Waals surface area (Å²) in [6.07, 6.45) is 5.14. The molecular weight excluding hydrogens is 238 g/mol. The second-order valence-corrected chi connectivity index (χ2v) is 5.12. The Balaban J connectivity index is 0.00000144. The lowest BCUT2D eigenvalue weighted by Gasteiger charge is -2.18. The standard InChI is InChI=1S/C12H19N3O.ClH/c1-12(2,13)11-14-9-7-5-3-4-6-8(9)10(16)15-11;/h3-7,13H2,1-2H3,(H,14,15,16);1H. The van der Waals surface area contributed by atoms with Gasteiger partial charge in [0, 0.05) is 5.56 Å². The highest BCUT2D eigenvalue weighted by atomic mass is 35.5. The second-order valence-electron chi connectivity index (χ2n) is 5.12. The molecule has 1 aliphatic carbocycles. The number of aromatic amines is 1. The largest absolute Gasteiger partial charge is 0.319 e. The predicted molar refractivity (Wildman–Crippen MR) is 70.6 cm³/mol. The molecule has 5 heteroatoms. The summed E-state index contributed by atoms with van der Waals surface area (Å²) >= 11 is 0. The molecule has 2 rings (SSSR count). The van der Waals surface area contributed by atoms with Gasteiger partial charge in [-0.05, 0) is 39.5 Å². The predicted octanol–water partition coefficient (Wildman–Crippen LogP) is 1.65. The minimum absolute atomic E-state index is 0. The summed E-state index contributed by atoms with van der Waals surface area (Å²) in [4.78, 5) is 19.3. The van der Waals surface area contributed by atoms with Gasteiger partial charge in [-0.1, -0.05) is 6.42 Å². The topological polar surface area (TPSA) is 71.8 Å². The number of nitrogens with one attached hydrogen (secondary N) is 1. The van der Waals surface area contributed by atoms with Crippen LogP contribution in [0.25, 0.3) is 0 Å². The maximum Gasteiger partial charge on any atom is 0.254 e. The van der Waals surface area contributed by atoms with Gasteiger partial charge in [-0.15, -0.1) is 12.4 Å². The van der Waals surface area contributed by atoms with E-state index in [0.29, 0.717) is 5.82 Å². The maximum atomic E-state index is 11.9. The number of halogens is 1. The van der Waals surface area contributed by atoms with Crippen molar-refractivity contribution < 1.29 is 0 Å². The Kier molecular flexibility index (Phi) is 4.33. The van der Waals surface area contributed by atoms with Crippen molar-refractivity contribution >= 4 is 12.4 Å². The zero-order chi connectivity index (χ0) is 11.8. The van der Waals surface area contributed by atoms with Crippen molar-refractivity contribution in [1.82, 2.24) is 9.97 Å². The van der Waals surface area contributed by atoms with E-state index in [1.165, 1.54) is 6.42 Å². The summed E-state index contributed by atoms with van der Waals surface area (Å²) in [5.41, 5.74) is 7.20. The molecule has 0 saturated heterocycles. The van der Waals surface area contributed by atoms with Gasteiger partial charge in [0.05, 0.1) is 11.2 Å². The van der Waals surface area contributed by atoms with E-state index < -0.39 is 5.54 Å². The van der Waals surface area contributed by atoms with Crippen molar-refractivity contribution in [3.63, 3.8) is 0 Å². The number of aryl methyl sites for hydroxylation is 1. The Morgan fingerprint density at radius 2 is 1.88 bits per heavy atom. The third-order valence-corrected chi connectivity index (χ3v) is 3.05. The summed E-state index contributed by atoms with van der Waals surface area (Å²) in [5, 5.41) is 0. The Hall–Kier alpha value is -0.870. The highest BCUT2D eigenvalue weighted by molar-refractivity contribution is 5.85. The van der Waals surface area contributed by atoms with Gasteiger partial charge in [0.1, 0.15) is 5.82 Å². The molecule has 1 heterocycles. The Morgan fingerprint density at radius 3 is 2.53 bits per heavy atom. The summed E-state index contributed by atoms with van der Waals surface area (Å²) in [5.74, 6) is 0.596. The average molecular weight is 258 g/mol. The zero-order valence-corrected chi connectivity index (χ0v) is 11.2. The van der Waals surface area contributed by atoms with Crippen molar-refractivity contribution in [2.24, 2.45) is 5.73 Å². The highest BCUT2D eigenvalue weighted by Crippen LogP contribution is 2.18. The van der Waals surface area contributed by atoms with Crippen LogP contribution in [0.5, 0.6) is 0 Å². The van der Waals surface area contributed by atoms with E-state index in [1.807, 2.05) is 13.8 Å². The Morgan fingerprint density at radius 1 is 1.24 bits per heavy atom. The molecule has 0 bridgehead atoms. The number of nitrogens with two attached hydrogens (primary N) is 1. The molecule has 0 spiro atoms. The quantitative estimate of drug-likeness (QED) is 0.752. The first-order valence-corrected chi connectivity index (χ1v) is 5.90. The third kappa shape index (κ3) is 3.07. The minimum Gasteiger partial charge on any atom is -0.319 e. The van der Waals surface area contributed by atoms with Crippen molar-refractivity contribution in [3.8, 4) is 0 Å². The first kappa shape index (κ1) is 14.2. The molecule has 0 amide bonds. The van der Waals surface area contributed by atoms with E-state index >= 15 is 0 Å². The van der Waals surface area contributed by atoms with Crippen LogP contribution in [0.15, 0.2) is 4.79 Å². The van der Waals surface area contributed by atoms with Crippen LogP contribution in [-0.2, 0) is 18.4 Å². The lowest BCUT2D eigenvalue weighted by molar-refractivity contribution is 0.507. The number of H-pyrrole nitrogens is 1. The molecule has 0 fully saturated rings. The van der Waals surface area contributed by atoms with Crippen LogP contribution in [0, 0.1) is 0 Å². The smallest absolute Gasteiger partial charge is 0.254 e. The number of fused-ring (bicyclic) bond motifs is 1. The first-order valence-electron chi connectivity index (χ1n) is 5.90. The normalized spacial score (nSPS) is 15.7. The summed E-state index contributed by atoms with van der Waals surface area (Å²) in [7, 11) is 0. The Bertz CT molecular complexity index is 448. The molecule has 1 aromatic heterocycles. The number of rotatable bonds is 1. The molecule has 0 aromatic carbocycles. The fraction of sp³-hybridized carbons (Fsp3) is 0.667. The molecular formula is C12H20ClN3O.